The first-order valence-corrected chi connectivity index (χ1v) is 6.74. The predicted molar refractivity (Wildman–Crippen MR) is 71.2 cm³/mol. The molecule has 1 unspecified atom stereocenters. The molecule has 0 bridgehead atoms. The third-order valence-electron chi connectivity index (χ3n) is 2.46. The Morgan fingerprint density at radius 3 is 2.06 bits per heavy atom. The molecule has 0 saturated carbocycles. The largest absolute Gasteiger partial charge is 0.207 e. The molecule has 2 aromatic rings. The molecule has 0 aliphatic carbocycles. The smallest absolute Gasteiger partial charge is 0.128 e. The van der Waals surface area contributed by atoms with Gasteiger partial charge in [0.15, 0.2) is 0 Å². The molecule has 0 spiro atoms. The summed E-state index contributed by atoms with van der Waals surface area (Å²) >= 11 is 6.52. The summed E-state index contributed by atoms with van der Waals surface area (Å²) in [5, 5.41) is 0. The predicted octanol–water partition coefficient (Wildman–Crippen LogP) is 5.35. The summed E-state index contributed by atoms with van der Waals surface area (Å²) < 4.78 is 40.6. The van der Waals surface area contributed by atoms with Gasteiger partial charge in [0.25, 0.3) is 0 Å². The van der Waals surface area contributed by atoms with Crippen LogP contribution in [0.25, 0.3) is 0 Å². The van der Waals surface area contributed by atoms with Crippen LogP contribution < -0.4 is 0 Å². The second kappa shape index (κ2) is 5.45. The number of hydrogen-bond acceptors (Lipinski definition) is 0. The highest BCUT2D eigenvalue weighted by atomic mass is 79.9. The number of benzene rings is 2. The summed E-state index contributed by atoms with van der Waals surface area (Å²) in [6, 6.07) is 7.26. The summed E-state index contributed by atoms with van der Waals surface area (Å²) in [5.41, 5.74) is 0.626. The summed E-state index contributed by atoms with van der Waals surface area (Å²) in [6.07, 6.45) is 0. The van der Waals surface area contributed by atoms with Crippen LogP contribution in [0.2, 0.25) is 0 Å². The molecule has 94 valence electrons. The van der Waals surface area contributed by atoms with Gasteiger partial charge in [0.2, 0.25) is 0 Å². The summed E-state index contributed by atoms with van der Waals surface area (Å²) in [5.74, 6) is -1.52. The zero-order chi connectivity index (χ0) is 13.3. The van der Waals surface area contributed by atoms with Crippen LogP contribution in [-0.2, 0) is 0 Å². The molecule has 0 radical (unpaired) electrons. The van der Waals surface area contributed by atoms with E-state index in [9.17, 15) is 13.2 Å². The third kappa shape index (κ3) is 2.78. The van der Waals surface area contributed by atoms with Crippen LogP contribution in [0, 0.1) is 17.5 Å². The van der Waals surface area contributed by atoms with Crippen LogP contribution in [0.4, 0.5) is 13.2 Å². The highest BCUT2D eigenvalue weighted by Crippen LogP contribution is 2.37. The highest BCUT2D eigenvalue weighted by molar-refractivity contribution is 9.11. The van der Waals surface area contributed by atoms with Crippen molar-refractivity contribution in [2.24, 2.45) is 0 Å². The molecule has 2 rings (SSSR count). The van der Waals surface area contributed by atoms with Gasteiger partial charge in [-0.3, -0.25) is 0 Å². The van der Waals surface area contributed by atoms with E-state index in [1.54, 1.807) is 0 Å². The fourth-order valence-corrected chi connectivity index (χ4v) is 3.10. The first kappa shape index (κ1) is 13.6. The lowest BCUT2D eigenvalue weighted by Gasteiger charge is -2.13. The second-order valence-corrected chi connectivity index (χ2v) is 5.46. The van der Waals surface area contributed by atoms with Gasteiger partial charge in [0, 0.05) is 10.0 Å². The molecule has 0 N–H and O–H groups in total. The van der Waals surface area contributed by atoms with Crippen LogP contribution >= 0.6 is 31.9 Å². The van der Waals surface area contributed by atoms with E-state index in [1.807, 2.05) is 0 Å². The molecule has 0 amide bonds. The van der Waals surface area contributed by atoms with Gasteiger partial charge in [-0.25, -0.2) is 13.2 Å². The molecule has 0 aromatic heterocycles. The van der Waals surface area contributed by atoms with E-state index in [1.165, 1.54) is 18.2 Å². The maximum absolute atomic E-state index is 13.6. The van der Waals surface area contributed by atoms with Crippen molar-refractivity contribution in [2.45, 2.75) is 4.83 Å². The Labute approximate surface area is 119 Å². The van der Waals surface area contributed by atoms with Crippen molar-refractivity contribution in [1.82, 2.24) is 0 Å². The minimum absolute atomic E-state index is 0.126. The highest BCUT2D eigenvalue weighted by Gasteiger charge is 2.18. The van der Waals surface area contributed by atoms with Crippen LogP contribution in [0.15, 0.2) is 40.9 Å². The fourth-order valence-electron chi connectivity index (χ4n) is 1.59. The van der Waals surface area contributed by atoms with Crippen LogP contribution in [0.1, 0.15) is 16.0 Å². The lowest BCUT2D eigenvalue weighted by atomic mass is 10.0. The summed E-state index contributed by atoms with van der Waals surface area (Å²) in [4.78, 5) is -0.627. The van der Waals surface area contributed by atoms with Crippen molar-refractivity contribution in [3.63, 3.8) is 0 Å². The van der Waals surface area contributed by atoms with E-state index in [2.05, 4.69) is 31.9 Å². The molecule has 0 heterocycles. The van der Waals surface area contributed by atoms with Crippen molar-refractivity contribution < 1.29 is 13.2 Å². The molecule has 0 nitrogen and oxygen atoms in total. The zero-order valence-corrected chi connectivity index (χ0v) is 12.1. The van der Waals surface area contributed by atoms with Crippen molar-refractivity contribution >= 4 is 31.9 Å². The molecule has 0 saturated heterocycles. The maximum atomic E-state index is 13.6. The summed E-state index contributed by atoms with van der Waals surface area (Å²) in [6.45, 7) is 0. The third-order valence-corrected chi connectivity index (χ3v) is 4.17. The van der Waals surface area contributed by atoms with E-state index in [-0.39, 0.29) is 5.56 Å². The van der Waals surface area contributed by atoms with Crippen molar-refractivity contribution in [2.75, 3.05) is 0 Å². The van der Waals surface area contributed by atoms with Gasteiger partial charge in [0.05, 0.1) is 4.83 Å². The first-order chi connectivity index (χ1) is 8.49. The molecular weight excluding hydrogens is 373 g/mol. The van der Waals surface area contributed by atoms with E-state index in [0.717, 1.165) is 18.2 Å². The van der Waals surface area contributed by atoms with E-state index < -0.39 is 22.3 Å². The molecular formula is C13H7Br2F3. The van der Waals surface area contributed by atoms with Crippen LogP contribution in [0.5, 0.6) is 0 Å². The van der Waals surface area contributed by atoms with Gasteiger partial charge < -0.3 is 0 Å². The molecule has 18 heavy (non-hydrogen) atoms. The quantitative estimate of drug-likeness (QED) is 0.617. The van der Waals surface area contributed by atoms with Gasteiger partial charge in [-0.15, -0.1) is 0 Å². The Balaban J connectivity index is 2.50. The lowest BCUT2D eigenvalue weighted by molar-refractivity contribution is 0.587. The fraction of sp³-hybridized carbons (Fsp3) is 0.0769. The average molecular weight is 380 g/mol. The van der Waals surface area contributed by atoms with Gasteiger partial charge in [-0.1, -0.05) is 31.9 Å². The molecule has 0 fully saturated rings. The Hall–Kier alpha value is -0.810. The molecule has 1 atom stereocenters. The second-order valence-electron chi connectivity index (χ2n) is 3.69. The Morgan fingerprint density at radius 1 is 0.833 bits per heavy atom. The van der Waals surface area contributed by atoms with E-state index in [4.69, 9.17) is 0 Å². The number of hydrogen-bond donors (Lipinski definition) is 0. The Morgan fingerprint density at radius 2 is 1.39 bits per heavy atom. The van der Waals surface area contributed by atoms with Crippen molar-refractivity contribution in [3.8, 4) is 0 Å². The molecule has 5 heteroatoms. The molecule has 0 aliphatic rings. The zero-order valence-electron chi connectivity index (χ0n) is 8.93. The molecule has 2 aromatic carbocycles. The number of halogens is 5. The number of alkyl halides is 1. The SMILES string of the molecule is Fc1ccc(F)c(C(Br)c2cc(F)ccc2Br)c1. The Bertz CT molecular complexity index is 533. The van der Waals surface area contributed by atoms with Gasteiger partial charge in [-0.2, -0.15) is 0 Å². The number of rotatable bonds is 2. The van der Waals surface area contributed by atoms with E-state index >= 15 is 0 Å². The van der Waals surface area contributed by atoms with Crippen LogP contribution in [0.3, 0.4) is 0 Å². The molecule has 0 aliphatic heterocycles. The minimum Gasteiger partial charge on any atom is -0.207 e. The monoisotopic (exact) mass is 378 g/mol. The lowest BCUT2D eigenvalue weighted by Crippen LogP contribution is -1.99. The van der Waals surface area contributed by atoms with Crippen molar-refractivity contribution in [3.05, 3.63) is 69.4 Å². The van der Waals surface area contributed by atoms with Gasteiger partial charge >= 0.3 is 0 Å². The minimum atomic E-state index is -0.627. The van der Waals surface area contributed by atoms with E-state index in [0.29, 0.717) is 10.0 Å². The average Bonchev–Trinajstić information content (AvgIpc) is 2.34. The van der Waals surface area contributed by atoms with Gasteiger partial charge in [-0.05, 0) is 42.0 Å². The van der Waals surface area contributed by atoms with Crippen LogP contribution in [-0.4, -0.2) is 0 Å². The standard InChI is InChI=1S/C13H7Br2F3/c14-11-3-1-7(16)5-9(11)13(15)10-6-8(17)2-4-12(10)18/h1-6,13H. The normalized spacial score (nSPS) is 12.5. The Kier molecular flexibility index (Phi) is 4.12. The van der Waals surface area contributed by atoms with Gasteiger partial charge in [0.1, 0.15) is 17.5 Å². The summed E-state index contributed by atoms with van der Waals surface area (Å²) in [7, 11) is 0. The van der Waals surface area contributed by atoms with Crippen molar-refractivity contribution in [1.29, 1.82) is 0 Å². The first-order valence-electron chi connectivity index (χ1n) is 5.03. The topological polar surface area (TPSA) is 0 Å². The maximum Gasteiger partial charge on any atom is 0.128 e.